The molecule has 0 saturated heterocycles. The number of carbonyl (C=O) groups excluding carboxylic acids is 1. The van der Waals surface area contributed by atoms with Crippen LogP contribution in [0, 0.1) is 0 Å². The molecule has 3 N–H and O–H groups in total. The van der Waals surface area contributed by atoms with Gasteiger partial charge in [0.1, 0.15) is 5.82 Å². The van der Waals surface area contributed by atoms with Crippen molar-refractivity contribution in [1.82, 2.24) is 24.9 Å². The molecule has 126 valence electrons. The Bertz CT molecular complexity index is 800. The van der Waals surface area contributed by atoms with Gasteiger partial charge in [-0.05, 0) is 19.1 Å². The number of imidazole rings is 1. The number of nitrogens with zero attached hydrogens (tertiary/aromatic N) is 2. The van der Waals surface area contributed by atoms with Gasteiger partial charge in [0.15, 0.2) is 0 Å². The molecular weight excluding hydrogens is 318 g/mol. The Kier molecular flexibility index (Phi) is 5.22. The van der Waals surface area contributed by atoms with Crippen molar-refractivity contribution in [3.8, 4) is 0 Å². The summed E-state index contributed by atoms with van der Waals surface area (Å²) in [6.45, 7) is 2.19. The molecule has 0 spiro atoms. The topological polar surface area (TPSA) is 105 Å². The molecule has 23 heavy (non-hydrogen) atoms. The van der Waals surface area contributed by atoms with Crippen LogP contribution in [0.3, 0.4) is 0 Å². The van der Waals surface area contributed by atoms with E-state index in [2.05, 4.69) is 20.3 Å². The van der Waals surface area contributed by atoms with Gasteiger partial charge in [-0.1, -0.05) is 12.1 Å². The summed E-state index contributed by atoms with van der Waals surface area (Å²) in [5.74, 6) is 0.746. The van der Waals surface area contributed by atoms with E-state index in [1.165, 1.54) is 0 Å². The molecular formula is C14H21N5O3S. The van der Waals surface area contributed by atoms with E-state index in [-0.39, 0.29) is 25.2 Å². The molecule has 1 aromatic heterocycles. The van der Waals surface area contributed by atoms with Crippen molar-refractivity contribution >= 4 is 27.1 Å². The number of hydrogen-bond donors (Lipinski definition) is 3. The number of benzene rings is 1. The van der Waals surface area contributed by atoms with Gasteiger partial charge >= 0.3 is 6.03 Å². The molecule has 0 fully saturated rings. The van der Waals surface area contributed by atoms with Gasteiger partial charge in [0.25, 0.3) is 0 Å². The Morgan fingerprint density at radius 2 is 2.00 bits per heavy atom. The van der Waals surface area contributed by atoms with Crippen LogP contribution < -0.4 is 15.4 Å². The van der Waals surface area contributed by atoms with E-state index in [4.69, 9.17) is 0 Å². The Hall–Kier alpha value is -2.13. The zero-order valence-corrected chi connectivity index (χ0v) is 14.1. The first-order chi connectivity index (χ1) is 10.8. The number of nitrogens with one attached hydrogen (secondary N) is 3. The van der Waals surface area contributed by atoms with Gasteiger partial charge in [0.2, 0.25) is 10.0 Å². The summed E-state index contributed by atoms with van der Waals surface area (Å²) in [6.07, 6.45) is 1.07. The monoisotopic (exact) mass is 339 g/mol. The molecule has 0 aliphatic carbocycles. The third-order valence-electron chi connectivity index (χ3n) is 3.33. The minimum absolute atomic E-state index is 0.146. The number of aromatic nitrogens is 2. The third-order valence-corrected chi connectivity index (χ3v) is 4.06. The minimum atomic E-state index is -3.24. The first kappa shape index (κ1) is 17.2. The maximum absolute atomic E-state index is 11.8. The number of para-hydroxylation sites is 2. The molecule has 2 aromatic rings. The van der Waals surface area contributed by atoms with Gasteiger partial charge in [-0.2, -0.15) is 0 Å². The summed E-state index contributed by atoms with van der Waals surface area (Å²) in [5, 5.41) is 5.38. The number of hydrogen-bond acceptors (Lipinski definition) is 4. The van der Waals surface area contributed by atoms with Gasteiger partial charge in [0, 0.05) is 20.1 Å². The van der Waals surface area contributed by atoms with Crippen molar-refractivity contribution in [3.63, 3.8) is 0 Å². The van der Waals surface area contributed by atoms with Gasteiger partial charge in [-0.15, -0.1) is 0 Å². The maximum atomic E-state index is 11.8. The Morgan fingerprint density at radius 1 is 1.30 bits per heavy atom. The fourth-order valence-electron chi connectivity index (χ4n) is 2.28. The number of carbonyl (C=O) groups is 1. The van der Waals surface area contributed by atoms with E-state index in [9.17, 15) is 13.2 Å². The highest BCUT2D eigenvalue weighted by molar-refractivity contribution is 7.88. The molecule has 0 aliphatic rings. The standard InChI is InChI=1S/C14H21N5O3S/c1-10(17-14(20)15-8-9-16-23(3,21)22)13-18-11-6-4-5-7-12(11)19(13)2/h4-7,10,16H,8-9H2,1-3H3,(H2,15,17,20)/t10-/m0/s1. The second-order valence-corrected chi connectivity index (χ2v) is 7.14. The minimum Gasteiger partial charge on any atom is -0.337 e. The van der Waals surface area contributed by atoms with Gasteiger partial charge in [0.05, 0.1) is 23.3 Å². The fourth-order valence-corrected chi connectivity index (χ4v) is 2.75. The van der Waals surface area contributed by atoms with Gasteiger partial charge < -0.3 is 15.2 Å². The molecule has 1 aromatic carbocycles. The van der Waals surface area contributed by atoms with E-state index in [0.717, 1.165) is 23.1 Å². The van der Waals surface area contributed by atoms with E-state index < -0.39 is 10.0 Å². The van der Waals surface area contributed by atoms with Crippen LogP contribution in [0.25, 0.3) is 11.0 Å². The maximum Gasteiger partial charge on any atom is 0.315 e. The number of sulfonamides is 1. The van der Waals surface area contributed by atoms with E-state index in [1.54, 1.807) is 0 Å². The predicted molar refractivity (Wildman–Crippen MR) is 88.5 cm³/mol. The summed E-state index contributed by atoms with van der Waals surface area (Å²) in [4.78, 5) is 16.4. The zero-order chi connectivity index (χ0) is 17.0. The average molecular weight is 339 g/mol. The van der Waals surface area contributed by atoms with E-state index >= 15 is 0 Å². The van der Waals surface area contributed by atoms with Crippen LogP contribution in [-0.2, 0) is 17.1 Å². The van der Waals surface area contributed by atoms with Gasteiger partial charge in [-0.25, -0.2) is 22.9 Å². The number of aryl methyl sites for hydroxylation is 1. The van der Waals surface area contributed by atoms with Crippen LogP contribution in [-0.4, -0.2) is 43.3 Å². The van der Waals surface area contributed by atoms with Gasteiger partial charge in [-0.3, -0.25) is 0 Å². The largest absolute Gasteiger partial charge is 0.337 e. The fraction of sp³-hybridized carbons (Fsp3) is 0.429. The van der Waals surface area contributed by atoms with Crippen LogP contribution in [0.2, 0.25) is 0 Å². The summed E-state index contributed by atoms with van der Waals surface area (Å²) < 4.78 is 26.1. The average Bonchev–Trinajstić information content (AvgIpc) is 2.80. The molecule has 0 unspecified atom stereocenters. The first-order valence-electron chi connectivity index (χ1n) is 7.18. The van der Waals surface area contributed by atoms with Crippen LogP contribution in [0.4, 0.5) is 4.79 Å². The number of fused-ring (bicyclic) bond motifs is 1. The van der Waals surface area contributed by atoms with Crippen molar-refractivity contribution < 1.29 is 13.2 Å². The van der Waals surface area contributed by atoms with Crippen LogP contribution in [0.15, 0.2) is 24.3 Å². The molecule has 0 saturated carbocycles. The van der Waals surface area contributed by atoms with Crippen molar-refractivity contribution in [3.05, 3.63) is 30.1 Å². The molecule has 1 heterocycles. The van der Waals surface area contributed by atoms with Crippen LogP contribution >= 0.6 is 0 Å². The smallest absolute Gasteiger partial charge is 0.315 e. The SMILES string of the molecule is C[C@H](NC(=O)NCCNS(C)(=O)=O)c1nc2ccccc2n1C. The van der Waals surface area contributed by atoms with E-state index in [0.29, 0.717) is 0 Å². The Labute approximate surface area is 135 Å². The van der Waals surface area contributed by atoms with Crippen molar-refractivity contribution in [2.24, 2.45) is 7.05 Å². The summed E-state index contributed by atoms with van der Waals surface area (Å²) in [7, 11) is -1.34. The lowest BCUT2D eigenvalue weighted by atomic mass is 10.3. The number of rotatable bonds is 6. The van der Waals surface area contributed by atoms with Crippen LogP contribution in [0.1, 0.15) is 18.8 Å². The lowest BCUT2D eigenvalue weighted by molar-refractivity contribution is 0.237. The highest BCUT2D eigenvalue weighted by atomic mass is 32.2. The highest BCUT2D eigenvalue weighted by Gasteiger charge is 2.16. The lowest BCUT2D eigenvalue weighted by Gasteiger charge is -2.14. The van der Waals surface area contributed by atoms with E-state index in [1.807, 2.05) is 42.8 Å². The Morgan fingerprint density at radius 3 is 2.65 bits per heavy atom. The second kappa shape index (κ2) is 6.97. The molecule has 2 rings (SSSR count). The first-order valence-corrected chi connectivity index (χ1v) is 9.07. The quantitative estimate of drug-likeness (QED) is 0.666. The number of amides is 2. The molecule has 8 nitrogen and oxygen atoms in total. The molecule has 0 aliphatic heterocycles. The molecule has 1 atom stereocenters. The summed E-state index contributed by atoms with van der Waals surface area (Å²) in [6, 6.07) is 7.08. The normalized spacial score (nSPS) is 13.0. The molecule has 0 bridgehead atoms. The zero-order valence-electron chi connectivity index (χ0n) is 13.3. The highest BCUT2D eigenvalue weighted by Crippen LogP contribution is 2.18. The third kappa shape index (κ3) is 4.67. The molecule has 2 amide bonds. The van der Waals surface area contributed by atoms with Crippen molar-refractivity contribution in [2.45, 2.75) is 13.0 Å². The lowest BCUT2D eigenvalue weighted by Crippen LogP contribution is -2.41. The molecule has 9 heteroatoms. The Balaban J connectivity index is 1.91. The van der Waals surface area contributed by atoms with Crippen LogP contribution in [0.5, 0.6) is 0 Å². The molecule has 0 radical (unpaired) electrons. The predicted octanol–water partition coefficient (Wildman–Crippen LogP) is 0.483. The van der Waals surface area contributed by atoms with Crippen molar-refractivity contribution in [2.75, 3.05) is 19.3 Å². The summed E-state index contributed by atoms with van der Waals surface area (Å²) >= 11 is 0. The summed E-state index contributed by atoms with van der Waals surface area (Å²) in [5.41, 5.74) is 1.87. The van der Waals surface area contributed by atoms with Crippen molar-refractivity contribution in [1.29, 1.82) is 0 Å². The second-order valence-electron chi connectivity index (χ2n) is 5.31. The number of urea groups is 1.